The molecule has 4 aromatic carbocycles. The van der Waals surface area contributed by atoms with Crippen molar-refractivity contribution in [1.82, 2.24) is 10.2 Å². The molecule has 8 nitrogen and oxygen atoms in total. The van der Waals surface area contributed by atoms with Crippen molar-refractivity contribution in [2.45, 2.75) is 44.7 Å². The van der Waals surface area contributed by atoms with Crippen LogP contribution in [0.1, 0.15) is 30.5 Å². The molecule has 0 bridgehead atoms. The molecular formula is C36H40ClN3O5S. The van der Waals surface area contributed by atoms with E-state index >= 15 is 0 Å². The number of carbonyl (C=O) groups excluding carboxylic acids is 2. The third kappa shape index (κ3) is 8.89. The van der Waals surface area contributed by atoms with Crippen molar-refractivity contribution in [3.05, 3.63) is 125 Å². The van der Waals surface area contributed by atoms with Gasteiger partial charge in [0.15, 0.2) is 0 Å². The Balaban J connectivity index is 1.82. The summed E-state index contributed by atoms with van der Waals surface area (Å²) in [6, 6.07) is 28.5. The Hall–Kier alpha value is -4.34. The summed E-state index contributed by atoms with van der Waals surface area (Å²) in [5.41, 5.74) is 2.61. The van der Waals surface area contributed by atoms with E-state index in [2.05, 4.69) is 5.32 Å². The summed E-state index contributed by atoms with van der Waals surface area (Å²) in [5, 5.41) is 3.41. The largest absolute Gasteiger partial charge is 0.497 e. The van der Waals surface area contributed by atoms with Gasteiger partial charge in [-0.05, 0) is 54.3 Å². The number of rotatable bonds is 14. The fourth-order valence-corrected chi connectivity index (χ4v) is 6.52. The topological polar surface area (TPSA) is 96.0 Å². The van der Waals surface area contributed by atoms with Gasteiger partial charge in [0.05, 0.1) is 17.7 Å². The van der Waals surface area contributed by atoms with Crippen molar-refractivity contribution < 1.29 is 22.7 Å². The average Bonchev–Trinajstić information content (AvgIpc) is 3.05. The number of nitrogens with zero attached hydrogens (tertiary/aromatic N) is 2. The van der Waals surface area contributed by atoms with Gasteiger partial charge in [0, 0.05) is 30.6 Å². The van der Waals surface area contributed by atoms with Crippen molar-refractivity contribution in [1.29, 1.82) is 0 Å². The molecule has 0 aromatic heterocycles. The molecule has 2 amide bonds. The van der Waals surface area contributed by atoms with E-state index in [0.717, 1.165) is 15.4 Å². The number of amides is 2. The summed E-state index contributed by atoms with van der Waals surface area (Å²) >= 11 is 6.56. The van der Waals surface area contributed by atoms with Crippen LogP contribution < -0.4 is 14.4 Å². The molecule has 10 heteroatoms. The number of halogens is 1. The Labute approximate surface area is 277 Å². The predicted octanol–water partition coefficient (Wildman–Crippen LogP) is 6.26. The molecule has 1 N–H and O–H groups in total. The van der Waals surface area contributed by atoms with E-state index in [9.17, 15) is 18.0 Å². The Kier molecular flexibility index (Phi) is 11.8. The summed E-state index contributed by atoms with van der Waals surface area (Å²) < 4.78 is 34.8. The molecule has 0 heterocycles. The number of anilines is 1. The summed E-state index contributed by atoms with van der Waals surface area (Å²) in [5.74, 6) is -0.305. The van der Waals surface area contributed by atoms with Crippen LogP contribution in [0.2, 0.25) is 5.02 Å². The highest BCUT2D eigenvalue weighted by Gasteiger charge is 2.35. The molecule has 0 saturated heterocycles. The summed E-state index contributed by atoms with van der Waals surface area (Å²) in [6.45, 7) is 5.67. The lowest BCUT2D eigenvalue weighted by atomic mass is 10.0. The zero-order valence-corrected chi connectivity index (χ0v) is 28.1. The second kappa shape index (κ2) is 15.8. The van der Waals surface area contributed by atoms with E-state index in [1.807, 2.05) is 51.1 Å². The number of hydrogen-bond acceptors (Lipinski definition) is 5. The molecule has 0 spiro atoms. The van der Waals surface area contributed by atoms with Crippen LogP contribution in [0.15, 0.2) is 108 Å². The lowest BCUT2D eigenvalue weighted by Crippen LogP contribution is -2.53. The first-order valence-corrected chi connectivity index (χ1v) is 16.9. The van der Waals surface area contributed by atoms with Crippen LogP contribution in [0.25, 0.3) is 0 Å². The highest BCUT2D eigenvalue weighted by Crippen LogP contribution is 2.28. The van der Waals surface area contributed by atoms with Crippen molar-refractivity contribution in [2.24, 2.45) is 5.92 Å². The molecule has 46 heavy (non-hydrogen) atoms. The van der Waals surface area contributed by atoms with Gasteiger partial charge in [-0.1, -0.05) is 97.7 Å². The standard InChI is InChI=1S/C36H40ClN3O5S/c1-26(2)23-38-36(42)34(21-28-11-6-5-7-12-28)39(24-29-13-8-9-16-33(29)37)35(41)25-40(30-14-10-15-31(22-30)45-4)46(43,44)32-19-17-27(3)18-20-32/h5-20,22,26,34H,21,23-25H2,1-4H3,(H,38,42)/t34-/m1/s1. The molecule has 0 unspecified atom stereocenters. The summed E-state index contributed by atoms with van der Waals surface area (Å²) in [4.78, 5) is 29.9. The second-order valence-corrected chi connectivity index (χ2v) is 13.8. The zero-order chi connectivity index (χ0) is 33.3. The number of aryl methyl sites for hydroxylation is 1. The lowest BCUT2D eigenvalue weighted by molar-refractivity contribution is -0.140. The monoisotopic (exact) mass is 661 g/mol. The third-order valence-electron chi connectivity index (χ3n) is 7.48. The van der Waals surface area contributed by atoms with E-state index in [4.69, 9.17) is 16.3 Å². The minimum Gasteiger partial charge on any atom is -0.497 e. The fourth-order valence-electron chi connectivity index (χ4n) is 4.92. The fraction of sp³-hybridized carbons (Fsp3) is 0.278. The first-order chi connectivity index (χ1) is 22.0. The summed E-state index contributed by atoms with van der Waals surface area (Å²) in [7, 11) is -2.74. The van der Waals surface area contributed by atoms with Crippen LogP contribution in [-0.2, 0) is 32.6 Å². The van der Waals surface area contributed by atoms with E-state index in [1.165, 1.54) is 24.1 Å². The van der Waals surface area contributed by atoms with Crippen LogP contribution in [-0.4, -0.2) is 51.4 Å². The van der Waals surface area contributed by atoms with E-state index < -0.39 is 28.5 Å². The Morgan fingerprint density at radius 1 is 0.891 bits per heavy atom. The number of methoxy groups -OCH3 is 1. The molecule has 4 aromatic rings. The van der Waals surface area contributed by atoms with Crippen LogP contribution in [0.3, 0.4) is 0 Å². The minimum absolute atomic E-state index is 0.0123. The number of ether oxygens (including phenoxy) is 1. The molecule has 0 saturated carbocycles. The quantitative estimate of drug-likeness (QED) is 0.172. The van der Waals surface area contributed by atoms with Crippen molar-refractivity contribution in [2.75, 3.05) is 24.5 Å². The Morgan fingerprint density at radius 3 is 2.22 bits per heavy atom. The molecule has 0 radical (unpaired) electrons. The van der Waals surface area contributed by atoms with Crippen LogP contribution in [0.5, 0.6) is 5.75 Å². The SMILES string of the molecule is COc1cccc(N(CC(=O)N(Cc2ccccc2Cl)[C@H](Cc2ccccc2)C(=O)NCC(C)C)S(=O)(=O)c2ccc(C)cc2)c1. The van der Waals surface area contributed by atoms with Gasteiger partial charge in [0.25, 0.3) is 10.0 Å². The van der Waals surface area contributed by atoms with Crippen LogP contribution >= 0.6 is 11.6 Å². The van der Waals surface area contributed by atoms with E-state index in [-0.39, 0.29) is 35.4 Å². The highest BCUT2D eigenvalue weighted by atomic mass is 35.5. The number of sulfonamides is 1. The van der Waals surface area contributed by atoms with Crippen LogP contribution in [0, 0.1) is 12.8 Å². The van der Waals surface area contributed by atoms with Gasteiger partial charge in [0.2, 0.25) is 11.8 Å². The molecule has 0 aliphatic rings. The first-order valence-electron chi connectivity index (χ1n) is 15.1. The number of nitrogens with one attached hydrogen (secondary N) is 1. The van der Waals surface area contributed by atoms with Gasteiger partial charge in [0.1, 0.15) is 18.3 Å². The minimum atomic E-state index is -4.23. The van der Waals surface area contributed by atoms with Crippen molar-refractivity contribution >= 4 is 39.1 Å². The van der Waals surface area contributed by atoms with E-state index in [1.54, 1.807) is 60.7 Å². The highest BCUT2D eigenvalue weighted by molar-refractivity contribution is 7.92. The third-order valence-corrected chi connectivity index (χ3v) is 9.64. The first kappa shape index (κ1) is 34.5. The van der Waals surface area contributed by atoms with Crippen LogP contribution in [0.4, 0.5) is 5.69 Å². The average molecular weight is 662 g/mol. The van der Waals surface area contributed by atoms with Crippen molar-refractivity contribution in [3.8, 4) is 5.75 Å². The molecule has 4 rings (SSSR count). The molecular weight excluding hydrogens is 622 g/mol. The lowest BCUT2D eigenvalue weighted by Gasteiger charge is -2.34. The number of benzene rings is 4. The summed E-state index contributed by atoms with van der Waals surface area (Å²) in [6.07, 6.45) is 0.213. The maximum atomic E-state index is 14.6. The molecule has 1 atom stereocenters. The zero-order valence-electron chi connectivity index (χ0n) is 26.5. The van der Waals surface area contributed by atoms with Gasteiger partial charge in [-0.15, -0.1) is 0 Å². The second-order valence-electron chi connectivity index (χ2n) is 11.5. The maximum absolute atomic E-state index is 14.6. The number of carbonyl (C=O) groups is 2. The smallest absolute Gasteiger partial charge is 0.264 e. The van der Waals surface area contributed by atoms with Gasteiger partial charge in [-0.25, -0.2) is 8.42 Å². The number of hydrogen-bond donors (Lipinski definition) is 1. The Morgan fingerprint density at radius 2 is 1.57 bits per heavy atom. The van der Waals surface area contributed by atoms with Gasteiger partial charge in [-0.3, -0.25) is 13.9 Å². The molecule has 0 aliphatic heterocycles. The normalized spacial score (nSPS) is 12.0. The van der Waals surface area contributed by atoms with Crippen molar-refractivity contribution in [3.63, 3.8) is 0 Å². The molecule has 0 aliphatic carbocycles. The molecule has 0 fully saturated rings. The molecule has 242 valence electrons. The van der Waals surface area contributed by atoms with Gasteiger partial charge >= 0.3 is 0 Å². The van der Waals surface area contributed by atoms with Gasteiger partial charge < -0.3 is 15.0 Å². The van der Waals surface area contributed by atoms with Gasteiger partial charge in [-0.2, -0.15) is 0 Å². The maximum Gasteiger partial charge on any atom is 0.264 e. The van der Waals surface area contributed by atoms with E-state index in [0.29, 0.717) is 22.9 Å². The predicted molar refractivity (Wildman–Crippen MR) is 182 cm³/mol. The Bertz CT molecular complexity index is 1730.